The van der Waals surface area contributed by atoms with Gasteiger partial charge in [-0.25, -0.2) is 9.50 Å². The molecule has 3 rings (SSSR count). The molecule has 5 heteroatoms. The lowest BCUT2D eigenvalue weighted by Gasteiger charge is -2.42. The van der Waals surface area contributed by atoms with Crippen LogP contribution in [-0.4, -0.2) is 26.7 Å². The molecule has 0 unspecified atom stereocenters. The van der Waals surface area contributed by atoms with Gasteiger partial charge < -0.3 is 11.1 Å². The van der Waals surface area contributed by atoms with Gasteiger partial charge in [0.25, 0.3) is 0 Å². The summed E-state index contributed by atoms with van der Waals surface area (Å²) in [6.07, 6.45) is 8.87. The zero-order valence-corrected chi connectivity index (χ0v) is 9.06. The van der Waals surface area contributed by atoms with Crippen LogP contribution in [0.2, 0.25) is 0 Å². The molecule has 2 aromatic rings. The lowest BCUT2D eigenvalue weighted by atomic mass is 9.77. The number of aromatic nitrogens is 3. The molecule has 16 heavy (non-hydrogen) atoms. The summed E-state index contributed by atoms with van der Waals surface area (Å²) in [5, 5.41) is 7.66. The molecular weight excluding hydrogens is 202 g/mol. The van der Waals surface area contributed by atoms with Gasteiger partial charge >= 0.3 is 0 Å². The van der Waals surface area contributed by atoms with Crippen molar-refractivity contribution in [3.05, 3.63) is 24.7 Å². The number of anilines is 1. The van der Waals surface area contributed by atoms with Crippen molar-refractivity contribution in [1.82, 2.24) is 14.6 Å². The first-order valence-corrected chi connectivity index (χ1v) is 5.60. The molecule has 1 saturated carbocycles. The van der Waals surface area contributed by atoms with Crippen LogP contribution in [0.25, 0.3) is 5.52 Å². The van der Waals surface area contributed by atoms with Gasteiger partial charge in [0.05, 0.1) is 11.7 Å². The summed E-state index contributed by atoms with van der Waals surface area (Å²) in [6.45, 7) is 0.657. The Morgan fingerprint density at radius 1 is 1.44 bits per heavy atom. The van der Waals surface area contributed by atoms with Crippen molar-refractivity contribution in [3.63, 3.8) is 0 Å². The fourth-order valence-electron chi connectivity index (χ4n) is 2.19. The Hall–Kier alpha value is -1.62. The molecule has 0 atom stereocenters. The van der Waals surface area contributed by atoms with E-state index in [0.29, 0.717) is 6.54 Å². The molecule has 2 heterocycles. The average molecular weight is 217 g/mol. The maximum absolute atomic E-state index is 5.82. The first-order valence-electron chi connectivity index (χ1n) is 5.60. The number of nitrogens with one attached hydrogen (secondary N) is 1. The Balaban J connectivity index is 1.96. The van der Waals surface area contributed by atoms with Crippen molar-refractivity contribution in [2.24, 2.45) is 5.73 Å². The molecule has 0 amide bonds. The third-order valence-electron chi connectivity index (χ3n) is 3.41. The maximum Gasteiger partial charge on any atom is 0.152 e. The van der Waals surface area contributed by atoms with Gasteiger partial charge in [-0.1, -0.05) is 0 Å². The average Bonchev–Trinajstić information content (AvgIpc) is 2.72. The number of hydrogen-bond donors (Lipinski definition) is 2. The van der Waals surface area contributed by atoms with Gasteiger partial charge in [-0.3, -0.25) is 0 Å². The summed E-state index contributed by atoms with van der Waals surface area (Å²) in [5.74, 6) is 0.880. The zero-order valence-electron chi connectivity index (χ0n) is 9.06. The Morgan fingerprint density at radius 3 is 3.00 bits per heavy atom. The largest absolute Gasteiger partial charge is 0.362 e. The minimum atomic E-state index is 0.0547. The van der Waals surface area contributed by atoms with Gasteiger partial charge in [0.15, 0.2) is 5.82 Å². The van der Waals surface area contributed by atoms with Crippen LogP contribution in [0, 0.1) is 0 Å². The van der Waals surface area contributed by atoms with E-state index in [1.807, 2.05) is 16.8 Å². The highest BCUT2D eigenvalue weighted by atomic mass is 15.2. The van der Waals surface area contributed by atoms with E-state index in [0.717, 1.165) is 24.2 Å². The van der Waals surface area contributed by atoms with E-state index in [1.165, 1.54) is 6.42 Å². The first kappa shape index (κ1) is 9.59. The highest BCUT2D eigenvalue weighted by molar-refractivity contribution is 5.67. The minimum absolute atomic E-state index is 0.0547. The second-order valence-electron chi connectivity index (χ2n) is 4.40. The summed E-state index contributed by atoms with van der Waals surface area (Å²) < 4.78 is 1.82. The number of nitrogens with two attached hydrogens (primary N) is 1. The van der Waals surface area contributed by atoms with E-state index in [4.69, 9.17) is 5.73 Å². The molecule has 0 bridgehead atoms. The highest BCUT2D eigenvalue weighted by Crippen LogP contribution is 2.34. The van der Waals surface area contributed by atoms with Crippen molar-refractivity contribution in [3.8, 4) is 0 Å². The fraction of sp³-hybridized carbons (Fsp3) is 0.455. The molecule has 0 saturated heterocycles. The molecule has 1 fully saturated rings. The Labute approximate surface area is 93.7 Å². The van der Waals surface area contributed by atoms with Crippen LogP contribution in [0.4, 0.5) is 5.82 Å². The van der Waals surface area contributed by atoms with Crippen LogP contribution in [0.1, 0.15) is 19.3 Å². The van der Waals surface area contributed by atoms with Gasteiger partial charge in [-0.15, -0.1) is 0 Å². The van der Waals surface area contributed by atoms with Gasteiger partial charge in [0.1, 0.15) is 5.52 Å². The normalized spacial score (nSPS) is 18.3. The second-order valence-corrected chi connectivity index (χ2v) is 4.40. The lowest BCUT2D eigenvalue weighted by molar-refractivity contribution is 0.287. The molecule has 5 nitrogen and oxygen atoms in total. The van der Waals surface area contributed by atoms with Crippen LogP contribution < -0.4 is 11.1 Å². The summed E-state index contributed by atoms with van der Waals surface area (Å²) in [5.41, 5.74) is 6.88. The molecule has 1 aliphatic carbocycles. The van der Waals surface area contributed by atoms with Crippen molar-refractivity contribution >= 4 is 11.3 Å². The van der Waals surface area contributed by atoms with Crippen molar-refractivity contribution in [2.75, 3.05) is 11.9 Å². The fourth-order valence-corrected chi connectivity index (χ4v) is 2.19. The number of hydrogen-bond acceptors (Lipinski definition) is 4. The van der Waals surface area contributed by atoms with Crippen molar-refractivity contribution in [2.45, 2.75) is 24.8 Å². The van der Waals surface area contributed by atoms with E-state index in [-0.39, 0.29) is 5.54 Å². The number of nitrogens with zero attached hydrogens (tertiary/aromatic N) is 3. The van der Waals surface area contributed by atoms with E-state index >= 15 is 0 Å². The number of fused-ring (bicyclic) bond motifs is 1. The van der Waals surface area contributed by atoms with Crippen LogP contribution in [0.15, 0.2) is 24.7 Å². The Bertz CT molecular complexity index is 494. The SMILES string of the molecule is NCC1(Nc2nccn3nccc23)CCC1. The molecule has 0 spiro atoms. The molecule has 0 aliphatic heterocycles. The molecule has 1 aliphatic rings. The van der Waals surface area contributed by atoms with Crippen LogP contribution in [0.5, 0.6) is 0 Å². The highest BCUT2D eigenvalue weighted by Gasteiger charge is 2.36. The predicted molar refractivity (Wildman–Crippen MR) is 62.2 cm³/mol. The standard InChI is InChI=1S/C11H15N5/c12-8-11(3-1-4-11)15-10-9-2-5-14-16(9)7-6-13-10/h2,5-7H,1,3-4,8,12H2,(H,13,15). The van der Waals surface area contributed by atoms with Crippen LogP contribution >= 0.6 is 0 Å². The Kier molecular flexibility index (Phi) is 2.07. The van der Waals surface area contributed by atoms with Gasteiger partial charge in [-0.05, 0) is 25.3 Å². The molecule has 0 radical (unpaired) electrons. The van der Waals surface area contributed by atoms with Crippen molar-refractivity contribution < 1.29 is 0 Å². The Morgan fingerprint density at radius 2 is 2.31 bits per heavy atom. The zero-order chi connectivity index (χ0) is 11.0. The van der Waals surface area contributed by atoms with Crippen molar-refractivity contribution in [1.29, 1.82) is 0 Å². The summed E-state index contributed by atoms with van der Waals surface area (Å²) >= 11 is 0. The van der Waals surface area contributed by atoms with E-state index in [9.17, 15) is 0 Å². The van der Waals surface area contributed by atoms with E-state index in [2.05, 4.69) is 15.4 Å². The molecule has 84 valence electrons. The van der Waals surface area contributed by atoms with Gasteiger partial charge in [-0.2, -0.15) is 5.10 Å². The molecule has 3 N–H and O–H groups in total. The third kappa shape index (κ3) is 1.36. The molecular formula is C11H15N5. The summed E-state index contributed by atoms with van der Waals surface area (Å²) in [4.78, 5) is 4.37. The molecule has 2 aromatic heterocycles. The second kappa shape index (κ2) is 3.45. The van der Waals surface area contributed by atoms with Crippen LogP contribution in [0.3, 0.4) is 0 Å². The van der Waals surface area contributed by atoms with Crippen LogP contribution in [-0.2, 0) is 0 Å². The number of rotatable bonds is 3. The lowest BCUT2D eigenvalue weighted by Crippen LogP contribution is -2.51. The topological polar surface area (TPSA) is 68.2 Å². The summed E-state index contributed by atoms with van der Waals surface area (Å²) in [7, 11) is 0. The maximum atomic E-state index is 5.82. The monoisotopic (exact) mass is 217 g/mol. The van der Waals surface area contributed by atoms with E-state index < -0.39 is 0 Å². The predicted octanol–water partition coefficient (Wildman–Crippen LogP) is 1.02. The first-order chi connectivity index (χ1) is 7.83. The van der Waals surface area contributed by atoms with Gasteiger partial charge in [0.2, 0.25) is 0 Å². The quantitative estimate of drug-likeness (QED) is 0.805. The van der Waals surface area contributed by atoms with Gasteiger partial charge in [0, 0.05) is 18.9 Å². The summed E-state index contributed by atoms with van der Waals surface area (Å²) in [6, 6.07) is 1.96. The van der Waals surface area contributed by atoms with E-state index in [1.54, 1.807) is 12.4 Å². The third-order valence-corrected chi connectivity index (χ3v) is 3.41. The smallest absolute Gasteiger partial charge is 0.152 e. The molecule has 0 aromatic carbocycles. The minimum Gasteiger partial charge on any atom is -0.362 e.